The Balaban J connectivity index is 1.37. The van der Waals surface area contributed by atoms with Gasteiger partial charge in [-0.1, -0.05) is 6.07 Å². The number of nitrogens with one attached hydrogen (secondary N) is 2. The van der Waals surface area contributed by atoms with Gasteiger partial charge in [0.15, 0.2) is 17.5 Å². The molecule has 30 heavy (non-hydrogen) atoms. The molecule has 2 N–H and O–H groups in total. The van der Waals surface area contributed by atoms with Gasteiger partial charge in [0.05, 0.1) is 26.4 Å². The number of guanidine groups is 1. The zero-order chi connectivity index (χ0) is 21.0. The van der Waals surface area contributed by atoms with Crippen LogP contribution in [0.15, 0.2) is 23.2 Å². The predicted octanol–water partition coefficient (Wildman–Crippen LogP) is 3.12. The normalized spacial score (nSPS) is 19.8. The fraction of sp³-hybridized carbons (Fsp3) is 0.696. The van der Waals surface area contributed by atoms with Gasteiger partial charge in [-0.25, -0.2) is 0 Å². The number of aliphatic imine (C=N–C) groups is 1. The summed E-state index contributed by atoms with van der Waals surface area (Å²) in [5.74, 6) is 2.97. The molecule has 1 aliphatic heterocycles. The molecule has 1 saturated carbocycles. The van der Waals surface area contributed by atoms with E-state index in [0.29, 0.717) is 18.6 Å². The van der Waals surface area contributed by atoms with E-state index in [-0.39, 0.29) is 0 Å². The Hall–Kier alpha value is -1.99. The minimum Gasteiger partial charge on any atom is -0.493 e. The lowest BCUT2D eigenvalue weighted by Crippen LogP contribution is -2.37. The maximum Gasteiger partial charge on any atom is 0.191 e. The maximum absolute atomic E-state index is 6.19. The molecule has 0 aromatic heterocycles. The van der Waals surface area contributed by atoms with Crippen LogP contribution < -0.4 is 20.1 Å². The third kappa shape index (κ3) is 7.36. The molecule has 7 heteroatoms. The van der Waals surface area contributed by atoms with E-state index >= 15 is 0 Å². The Bertz CT molecular complexity index is 656. The van der Waals surface area contributed by atoms with E-state index in [4.69, 9.17) is 18.9 Å². The summed E-state index contributed by atoms with van der Waals surface area (Å²) < 4.78 is 22.8. The van der Waals surface area contributed by atoms with E-state index in [9.17, 15) is 0 Å². The lowest BCUT2D eigenvalue weighted by atomic mass is 10.1. The summed E-state index contributed by atoms with van der Waals surface area (Å²) in [7, 11) is 3.47. The predicted molar refractivity (Wildman–Crippen MR) is 118 cm³/mol. The van der Waals surface area contributed by atoms with Crippen LogP contribution in [0.4, 0.5) is 0 Å². The van der Waals surface area contributed by atoms with Crippen LogP contribution in [0.1, 0.15) is 44.1 Å². The van der Waals surface area contributed by atoms with E-state index in [1.54, 1.807) is 14.2 Å². The van der Waals surface area contributed by atoms with Crippen molar-refractivity contribution < 1.29 is 18.9 Å². The van der Waals surface area contributed by atoms with E-state index in [1.165, 1.54) is 12.8 Å². The summed E-state index contributed by atoms with van der Waals surface area (Å²) in [5, 5.41) is 6.71. The smallest absolute Gasteiger partial charge is 0.191 e. The van der Waals surface area contributed by atoms with Gasteiger partial charge in [-0.2, -0.15) is 0 Å². The molecule has 0 radical (unpaired) electrons. The Morgan fingerprint density at radius 2 is 2.03 bits per heavy atom. The van der Waals surface area contributed by atoms with Gasteiger partial charge in [0.25, 0.3) is 0 Å². The second kappa shape index (κ2) is 12.6. The Kier molecular flexibility index (Phi) is 9.57. The number of hydrogen-bond acceptors (Lipinski definition) is 5. The molecule has 2 aliphatic rings. The molecule has 0 bridgehead atoms. The van der Waals surface area contributed by atoms with Crippen LogP contribution >= 0.6 is 0 Å². The lowest BCUT2D eigenvalue weighted by molar-refractivity contribution is 0.0888. The average Bonchev–Trinajstić information content (AvgIpc) is 3.47. The summed E-state index contributed by atoms with van der Waals surface area (Å²) in [6.07, 6.45) is 7.11. The van der Waals surface area contributed by atoms with Gasteiger partial charge in [-0.3, -0.25) is 4.99 Å². The first-order valence-corrected chi connectivity index (χ1v) is 11.2. The van der Waals surface area contributed by atoms with Gasteiger partial charge in [0.2, 0.25) is 0 Å². The highest BCUT2D eigenvalue weighted by Gasteiger charge is 2.19. The molecule has 7 nitrogen and oxygen atoms in total. The summed E-state index contributed by atoms with van der Waals surface area (Å²) in [4.78, 5) is 4.30. The van der Waals surface area contributed by atoms with Crippen molar-refractivity contribution in [2.75, 3.05) is 47.1 Å². The monoisotopic (exact) mass is 419 g/mol. The fourth-order valence-electron chi connectivity index (χ4n) is 3.86. The van der Waals surface area contributed by atoms with Gasteiger partial charge in [0, 0.05) is 39.3 Å². The molecule has 2 fully saturated rings. The summed E-state index contributed by atoms with van der Waals surface area (Å²) in [6, 6.07) is 6.10. The third-order valence-electron chi connectivity index (χ3n) is 5.64. The first-order valence-electron chi connectivity index (χ1n) is 11.2. The fourth-order valence-corrected chi connectivity index (χ4v) is 3.86. The van der Waals surface area contributed by atoms with Crippen molar-refractivity contribution in [3.05, 3.63) is 23.8 Å². The SMILES string of the molecule is CN=C(NCCCOCC1CCOC1)NCc1ccc(OC)c(OC2CCCC2)c1. The highest BCUT2D eigenvalue weighted by molar-refractivity contribution is 5.79. The van der Waals surface area contributed by atoms with Gasteiger partial charge in [0.1, 0.15) is 0 Å². The average molecular weight is 420 g/mol. The number of hydrogen-bond donors (Lipinski definition) is 2. The highest BCUT2D eigenvalue weighted by atomic mass is 16.5. The molecule has 1 atom stereocenters. The third-order valence-corrected chi connectivity index (χ3v) is 5.64. The summed E-state index contributed by atoms with van der Waals surface area (Å²) in [6.45, 7) is 4.76. The second-order valence-corrected chi connectivity index (χ2v) is 8.02. The largest absolute Gasteiger partial charge is 0.493 e. The van der Waals surface area contributed by atoms with Gasteiger partial charge in [-0.05, 0) is 56.2 Å². The van der Waals surface area contributed by atoms with E-state index < -0.39 is 0 Å². The molecular weight excluding hydrogens is 382 g/mol. The molecule has 0 amide bonds. The number of benzene rings is 1. The first kappa shape index (κ1) is 22.7. The zero-order valence-electron chi connectivity index (χ0n) is 18.5. The molecule has 168 valence electrons. The van der Waals surface area contributed by atoms with Crippen molar-refractivity contribution in [3.8, 4) is 11.5 Å². The van der Waals surface area contributed by atoms with E-state index in [0.717, 1.165) is 81.7 Å². The van der Waals surface area contributed by atoms with Crippen LogP contribution in [0.2, 0.25) is 0 Å². The molecule has 0 spiro atoms. The van der Waals surface area contributed by atoms with E-state index in [2.05, 4.69) is 27.8 Å². The lowest BCUT2D eigenvalue weighted by Gasteiger charge is -2.17. The Labute approximate surface area is 180 Å². The van der Waals surface area contributed by atoms with Crippen LogP contribution in [-0.4, -0.2) is 59.2 Å². The van der Waals surface area contributed by atoms with Crippen LogP contribution in [-0.2, 0) is 16.0 Å². The van der Waals surface area contributed by atoms with E-state index in [1.807, 2.05) is 6.07 Å². The standard InChI is InChI=1S/C23H37N3O4/c1-24-23(25-11-5-12-28-16-19-10-13-29-17-19)26-15-18-8-9-21(27-2)22(14-18)30-20-6-3-4-7-20/h8-9,14,19-20H,3-7,10-13,15-17H2,1-2H3,(H2,24,25,26). The quantitative estimate of drug-likeness (QED) is 0.326. The molecule has 1 heterocycles. The minimum atomic E-state index is 0.306. The molecule has 1 aliphatic carbocycles. The molecule has 3 rings (SSSR count). The zero-order valence-corrected chi connectivity index (χ0v) is 18.5. The number of ether oxygens (including phenoxy) is 4. The van der Waals surface area contributed by atoms with Crippen molar-refractivity contribution >= 4 is 5.96 Å². The number of nitrogens with zero attached hydrogens (tertiary/aromatic N) is 1. The molecular formula is C23H37N3O4. The number of rotatable bonds is 11. The Morgan fingerprint density at radius 3 is 2.77 bits per heavy atom. The molecule has 1 saturated heterocycles. The number of methoxy groups -OCH3 is 1. The van der Waals surface area contributed by atoms with Gasteiger partial charge < -0.3 is 29.6 Å². The first-order chi connectivity index (χ1) is 14.8. The van der Waals surface area contributed by atoms with Crippen molar-refractivity contribution in [2.45, 2.75) is 51.2 Å². The van der Waals surface area contributed by atoms with Gasteiger partial charge >= 0.3 is 0 Å². The highest BCUT2D eigenvalue weighted by Crippen LogP contribution is 2.32. The van der Waals surface area contributed by atoms with Gasteiger partial charge in [-0.15, -0.1) is 0 Å². The maximum atomic E-state index is 6.19. The molecule has 1 aromatic carbocycles. The van der Waals surface area contributed by atoms with Crippen molar-refractivity contribution in [1.29, 1.82) is 0 Å². The van der Waals surface area contributed by atoms with Crippen molar-refractivity contribution in [2.24, 2.45) is 10.9 Å². The summed E-state index contributed by atoms with van der Waals surface area (Å²) in [5.41, 5.74) is 1.13. The summed E-state index contributed by atoms with van der Waals surface area (Å²) >= 11 is 0. The van der Waals surface area contributed by atoms with Crippen LogP contribution in [0.5, 0.6) is 11.5 Å². The van der Waals surface area contributed by atoms with Crippen LogP contribution in [0.3, 0.4) is 0 Å². The Morgan fingerprint density at radius 1 is 1.17 bits per heavy atom. The molecule has 1 aromatic rings. The molecule has 1 unspecified atom stereocenters. The minimum absolute atomic E-state index is 0.306. The second-order valence-electron chi connectivity index (χ2n) is 8.02. The van der Waals surface area contributed by atoms with Crippen LogP contribution in [0, 0.1) is 5.92 Å². The van der Waals surface area contributed by atoms with Crippen molar-refractivity contribution in [3.63, 3.8) is 0 Å². The topological polar surface area (TPSA) is 73.3 Å². The van der Waals surface area contributed by atoms with Crippen molar-refractivity contribution in [1.82, 2.24) is 10.6 Å². The van der Waals surface area contributed by atoms with Crippen LogP contribution in [0.25, 0.3) is 0 Å².